The third kappa shape index (κ3) is 2.80. The molecule has 0 spiro atoms. The number of nitrogens with one attached hydrogen (secondary N) is 1. The summed E-state index contributed by atoms with van der Waals surface area (Å²) in [5, 5.41) is 7.10. The topological polar surface area (TPSA) is 17.0 Å². The molecule has 0 bridgehead atoms. The summed E-state index contributed by atoms with van der Waals surface area (Å²) >= 11 is 5.44. The number of hydrogen-bond donors (Lipinski definition) is 1. The molecule has 4 rings (SSSR count). The van der Waals surface area contributed by atoms with E-state index in [1.54, 1.807) is 0 Å². The van der Waals surface area contributed by atoms with Crippen LogP contribution in [-0.2, 0) is 13.1 Å². The Balaban J connectivity index is 1.69. The van der Waals surface area contributed by atoms with Gasteiger partial charge in [-0.1, -0.05) is 18.2 Å². The molecule has 1 aliphatic rings. The summed E-state index contributed by atoms with van der Waals surface area (Å²) in [5.74, 6) is 0. The van der Waals surface area contributed by atoms with E-state index < -0.39 is 0 Å². The first kappa shape index (κ1) is 13.6. The van der Waals surface area contributed by atoms with Crippen molar-refractivity contribution < 1.29 is 0 Å². The molecule has 0 unspecified atom stereocenters. The van der Waals surface area contributed by atoms with E-state index in [9.17, 15) is 0 Å². The van der Waals surface area contributed by atoms with E-state index in [4.69, 9.17) is 0 Å². The maximum absolute atomic E-state index is 3.64. The molecule has 0 radical (unpaired) electrons. The predicted molar refractivity (Wildman–Crippen MR) is 92.9 cm³/mol. The van der Waals surface area contributed by atoms with Crippen molar-refractivity contribution in [3.63, 3.8) is 0 Å². The summed E-state index contributed by atoms with van der Waals surface area (Å²) in [6, 6.07) is 11.7. The summed E-state index contributed by atoms with van der Waals surface area (Å²) < 4.78 is 3.58. The van der Waals surface area contributed by atoms with E-state index in [1.165, 1.54) is 38.7 Å². The number of thiophene rings is 1. The molecule has 0 saturated heterocycles. The molecule has 1 aromatic carbocycles. The monoisotopic (exact) mass is 360 g/mol. The quantitative estimate of drug-likeness (QED) is 0.693. The number of nitrogens with zero attached hydrogens (tertiary/aromatic N) is 1. The van der Waals surface area contributed by atoms with Crippen molar-refractivity contribution in [3.05, 3.63) is 56.8 Å². The minimum atomic E-state index is 0.745. The SMILES string of the molecule is Brc1ccsc1Cn1ccc2cccc(CNC3CC3)c21. The number of para-hydroxylation sites is 1. The first-order valence-electron chi connectivity index (χ1n) is 7.33. The van der Waals surface area contributed by atoms with E-state index in [-0.39, 0.29) is 0 Å². The summed E-state index contributed by atoms with van der Waals surface area (Å²) in [5.41, 5.74) is 2.77. The standard InChI is InChI=1S/C17H17BrN2S/c18-15-7-9-21-16(15)11-20-8-6-12-2-1-3-13(17(12)20)10-19-14-4-5-14/h1-3,6-9,14,19H,4-5,10-11H2. The van der Waals surface area contributed by atoms with Gasteiger partial charge in [0, 0.05) is 28.1 Å². The van der Waals surface area contributed by atoms with Crippen LogP contribution in [0, 0.1) is 0 Å². The molecular formula is C17H17BrN2S. The second kappa shape index (κ2) is 5.59. The lowest BCUT2D eigenvalue weighted by atomic mass is 10.1. The van der Waals surface area contributed by atoms with Crippen LogP contribution in [0.25, 0.3) is 10.9 Å². The van der Waals surface area contributed by atoms with Gasteiger partial charge in [0.15, 0.2) is 0 Å². The molecule has 3 aromatic rings. The van der Waals surface area contributed by atoms with Crippen LogP contribution in [-0.4, -0.2) is 10.6 Å². The van der Waals surface area contributed by atoms with Crippen molar-refractivity contribution in [2.24, 2.45) is 0 Å². The van der Waals surface area contributed by atoms with E-state index in [2.05, 4.69) is 67.7 Å². The number of benzene rings is 1. The average Bonchev–Trinajstić information content (AvgIpc) is 3.11. The van der Waals surface area contributed by atoms with E-state index in [1.807, 2.05) is 11.3 Å². The first-order chi connectivity index (χ1) is 10.3. The van der Waals surface area contributed by atoms with Crippen molar-refractivity contribution in [1.29, 1.82) is 0 Å². The molecule has 108 valence electrons. The lowest BCUT2D eigenvalue weighted by molar-refractivity contribution is 0.687. The fourth-order valence-electron chi connectivity index (χ4n) is 2.75. The molecule has 1 fully saturated rings. The van der Waals surface area contributed by atoms with Crippen LogP contribution < -0.4 is 5.32 Å². The molecule has 0 atom stereocenters. The van der Waals surface area contributed by atoms with Crippen molar-refractivity contribution in [3.8, 4) is 0 Å². The second-order valence-electron chi connectivity index (χ2n) is 5.65. The van der Waals surface area contributed by atoms with Crippen molar-refractivity contribution in [1.82, 2.24) is 9.88 Å². The molecule has 1 N–H and O–H groups in total. The van der Waals surface area contributed by atoms with Crippen LogP contribution >= 0.6 is 27.3 Å². The Morgan fingerprint density at radius 1 is 1.24 bits per heavy atom. The van der Waals surface area contributed by atoms with Gasteiger partial charge < -0.3 is 9.88 Å². The minimum absolute atomic E-state index is 0.745. The highest BCUT2D eigenvalue weighted by Gasteiger charge is 2.20. The van der Waals surface area contributed by atoms with E-state index in [0.717, 1.165) is 19.1 Å². The molecule has 21 heavy (non-hydrogen) atoms. The number of fused-ring (bicyclic) bond motifs is 1. The van der Waals surface area contributed by atoms with Crippen LogP contribution in [0.4, 0.5) is 0 Å². The van der Waals surface area contributed by atoms with Gasteiger partial charge in [-0.3, -0.25) is 0 Å². The zero-order chi connectivity index (χ0) is 14.2. The van der Waals surface area contributed by atoms with Crippen LogP contribution in [0.2, 0.25) is 0 Å². The Morgan fingerprint density at radius 3 is 2.90 bits per heavy atom. The molecule has 0 amide bonds. The van der Waals surface area contributed by atoms with Gasteiger partial charge in [0.1, 0.15) is 0 Å². The third-order valence-corrected chi connectivity index (χ3v) is 5.95. The Kier molecular flexibility index (Phi) is 3.61. The Bertz CT molecular complexity index is 770. The fraction of sp³-hybridized carbons (Fsp3) is 0.294. The van der Waals surface area contributed by atoms with Gasteiger partial charge in [0.05, 0.1) is 12.1 Å². The highest BCUT2D eigenvalue weighted by Crippen LogP contribution is 2.27. The Hall–Kier alpha value is -1.10. The lowest BCUT2D eigenvalue weighted by Crippen LogP contribution is -2.16. The molecule has 2 heterocycles. The average molecular weight is 361 g/mol. The summed E-state index contributed by atoms with van der Waals surface area (Å²) in [6.45, 7) is 1.90. The smallest absolute Gasteiger partial charge is 0.0580 e. The fourth-order valence-corrected chi connectivity index (χ4v) is 4.23. The number of halogens is 1. The number of hydrogen-bond acceptors (Lipinski definition) is 2. The summed E-state index contributed by atoms with van der Waals surface area (Å²) in [4.78, 5) is 1.37. The molecule has 0 aliphatic heterocycles. The van der Waals surface area contributed by atoms with Gasteiger partial charge in [-0.25, -0.2) is 0 Å². The first-order valence-corrected chi connectivity index (χ1v) is 9.00. The van der Waals surface area contributed by atoms with Crippen molar-refractivity contribution >= 4 is 38.2 Å². The molecule has 1 aliphatic carbocycles. The van der Waals surface area contributed by atoms with Gasteiger partial charge in [0.25, 0.3) is 0 Å². The lowest BCUT2D eigenvalue weighted by Gasteiger charge is -2.10. The van der Waals surface area contributed by atoms with Gasteiger partial charge in [0.2, 0.25) is 0 Å². The Labute approximate surface area is 136 Å². The number of aromatic nitrogens is 1. The summed E-state index contributed by atoms with van der Waals surface area (Å²) in [7, 11) is 0. The largest absolute Gasteiger partial charge is 0.342 e. The van der Waals surface area contributed by atoms with E-state index in [0.29, 0.717) is 0 Å². The maximum atomic E-state index is 3.64. The summed E-state index contributed by atoms with van der Waals surface area (Å²) in [6.07, 6.45) is 4.87. The second-order valence-corrected chi connectivity index (χ2v) is 7.50. The zero-order valence-electron chi connectivity index (χ0n) is 11.7. The van der Waals surface area contributed by atoms with Crippen LogP contribution in [0.1, 0.15) is 23.3 Å². The van der Waals surface area contributed by atoms with Crippen LogP contribution in [0.5, 0.6) is 0 Å². The minimum Gasteiger partial charge on any atom is -0.342 e. The molecule has 2 nitrogen and oxygen atoms in total. The van der Waals surface area contributed by atoms with Gasteiger partial charge in [-0.15, -0.1) is 11.3 Å². The molecular weight excluding hydrogens is 344 g/mol. The molecule has 2 aromatic heterocycles. The highest BCUT2D eigenvalue weighted by atomic mass is 79.9. The Morgan fingerprint density at radius 2 is 2.14 bits per heavy atom. The molecule has 1 saturated carbocycles. The van der Waals surface area contributed by atoms with E-state index >= 15 is 0 Å². The normalized spacial score (nSPS) is 14.9. The predicted octanol–water partition coefficient (Wildman–Crippen LogP) is 4.77. The highest BCUT2D eigenvalue weighted by molar-refractivity contribution is 9.10. The van der Waals surface area contributed by atoms with Crippen LogP contribution in [0.3, 0.4) is 0 Å². The number of rotatable bonds is 5. The van der Waals surface area contributed by atoms with Gasteiger partial charge in [-0.2, -0.15) is 0 Å². The third-order valence-electron chi connectivity index (χ3n) is 4.04. The van der Waals surface area contributed by atoms with Gasteiger partial charge in [-0.05, 0) is 57.2 Å². The molecule has 4 heteroatoms. The zero-order valence-corrected chi connectivity index (χ0v) is 14.1. The van der Waals surface area contributed by atoms with Crippen LogP contribution in [0.15, 0.2) is 46.4 Å². The van der Waals surface area contributed by atoms with Crippen molar-refractivity contribution in [2.75, 3.05) is 0 Å². The van der Waals surface area contributed by atoms with Crippen molar-refractivity contribution in [2.45, 2.75) is 32.0 Å². The van der Waals surface area contributed by atoms with Gasteiger partial charge >= 0.3 is 0 Å². The maximum Gasteiger partial charge on any atom is 0.0580 e.